The fraction of sp³-hybridized carbons (Fsp3) is 0.556. The number of hydrogen-bond donors (Lipinski definition) is 1. The van der Waals surface area contributed by atoms with Crippen molar-refractivity contribution in [3.63, 3.8) is 0 Å². The summed E-state index contributed by atoms with van der Waals surface area (Å²) in [5.41, 5.74) is 0.992. The molecule has 2 fully saturated rings. The van der Waals surface area contributed by atoms with Crippen molar-refractivity contribution >= 4 is 35.1 Å². The maximum atomic E-state index is 9.10. The molecule has 7 nitrogen and oxygen atoms in total. The monoisotopic (exact) mass is 379 g/mol. The Balaban J connectivity index is 0.00000196. The summed E-state index contributed by atoms with van der Waals surface area (Å²) in [6.45, 7) is 7.82. The number of nitrogens with zero attached hydrogens (tertiary/aromatic N) is 5. The molecule has 2 aliphatic heterocycles. The number of fused-ring (bicyclic) bond motifs is 1. The van der Waals surface area contributed by atoms with Gasteiger partial charge in [0, 0.05) is 51.2 Å². The van der Waals surface area contributed by atoms with E-state index in [0.717, 1.165) is 81.7 Å². The summed E-state index contributed by atoms with van der Waals surface area (Å²) in [7, 11) is 0. The summed E-state index contributed by atoms with van der Waals surface area (Å²) in [6.07, 6.45) is 0. The van der Waals surface area contributed by atoms with E-state index in [4.69, 9.17) is 19.8 Å². The van der Waals surface area contributed by atoms with Crippen LogP contribution in [-0.2, 0) is 4.74 Å². The normalized spacial score (nSPS) is 18.8. The lowest BCUT2D eigenvalue weighted by Gasteiger charge is -2.35. The molecule has 0 radical (unpaired) electrons. The van der Waals surface area contributed by atoms with Crippen molar-refractivity contribution in [1.82, 2.24) is 14.9 Å². The van der Waals surface area contributed by atoms with Gasteiger partial charge >= 0.3 is 0 Å². The SMILES string of the molecule is Cl.OCCN1CCN(c2nc(N3CCOCC3)c3ccccc3n2)CC1. The number of β-amino-alcohol motifs (C(OH)–C–C–N with tert-alkyl or cyclic N) is 1. The third-order valence-corrected chi connectivity index (χ3v) is 4.95. The van der Waals surface area contributed by atoms with Gasteiger partial charge in [0.25, 0.3) is 0 Å². The van der Waals surface area contributed by atoms with E-state index in [-0.39, 0.29) is 19.0 Å². The summed E-state index contributed by atoms with van der Waals surface area (Å²) in [5.74, 6) is 1.82. The highest BCUT2D eigenvalue weighted by atomic mass is 35.5. The number of anilines is 2. The third kappa shape index (κ3) is 4.01. The van der Waals surface area contributed by atoms with Crippen molar-refractivity contribution in [2.24, 2.45) is 0 Å². The van der Waals surface area contributed by atoms with Gasteiger partial charge in [0.1, 0.15) is 5.82 Å². The molecule has 0 bridgehead atoms. The van der Waals surface area contributed by atoms with Gasteiger partial charge in [-0.05, 0) is 12.1 Å². The standard InChI is InChI=1S/C18H25N5O2.ClH/c24-12-9-21-5-7-23(8-6-21)18-19-16-4-2-1-3-15(16)17(20-18)22-10-13-25-14-11-22;/h1-4,24H,5-14H2;1H. The fourth-order valence-corrected chi connectivity index (χ4v) is 3.52. The minimum absolute atomic E-state index is 0. The van der Waals surface area contributed by atoms with Gasteiger partial charge in [-0.3, -0.25) is 4.90 Å². The van der Waals surface area contributed by atoms with Crippen molar-refractivity contribution in [2.45, 2.75) is 0 Å². The Morgan fingerprint density at radius 1 is 0.923 bits per heavy atom. The van der Waals surface area contributed by atoms with E-state index < -0.39 is 0 Å². The van der Waals surface area contributed by atoms with E-state index in [2.05, 4.69) is 26.8 Å². The van der Waals surface area contributed by atoms with Crippen LogP contribution in [-0.4, -0.2) is 85.6 Å². The van der Waals surface area contributed by atoms with Crippen LogP contribution in [0.15, 0.2) is 24.3 Å². The highest BCUT2D eigenvalue weighted by Gasteiger charge is 2.22. The molecular weight excluding hydrogens is 354 g/mol. The maximum absolute atomic E-state index is 9.10. The number of halogens is 1. The molecular formula is C18H26ClN5O2. The van der Waals surface area contributed by atoms with E-state index >= 15 is 0 Å². The van der Waals surface area contributed by atoms with Crippen LogP contribution < -0.4 is 9.80 Å². The average molecular weight is 380 g/mol. The molecule has 1 aromatic carbocycles. The molecule has 1 aromatic heterocycles. The van der Waals surface area contributed by atoms with Crippen molar-refractivity contribution in [1.29, 1.82) is 0 Å². The second-order valence-electron chi connectivity index (χ2n) is 6.52. The molecule has 0 atom stereocenters. The Bertz CT molecular complexity index is 718. The number of benzene rings is 1. The zero-order chi connectivity index (χ0) is 17.1. The summed E-state index contributed by atoms with van der Waals surface area (Å²) in [6, 6.07) is 8.24. The molecule has 0 aliphatic carbocycles. The van der Waals surface area contributed by atoms with Crippen molar-refractivity contribution in [3.05, 3.63) is 24.3 Å². The highest BCUT2D eigenvalue weighted by Crippen LogP contribution is 2.27. The number of aromatic nitrogens is 2. The zero-order valence-electron chi connectivity index (χ0n) is 14.9. The fourth-order valence-electron chi connectivity index (χ4n) is 3.52. The van der Waals surface area contributed by atoms with E-state index in [9.17, 15) is 0 Å². The smallest absolute Gasteiger partial charge is 0.227 e. The molecule has 0 saturated carbocycles. The number of morpholine rings is 1. The Morgan fingerprint density at radius 2 is 1.65 bits per heavy atom. The van der Waals surface area contributed by atoms with Gasteiger partial charge in [0.2, 0.25) is 5.95 Å². The number of hydrogen-bond acceptors (Lipinski definition) is 7. The molecule has 2 aromatic rings. The number of aliphatic hydroxyl groups excluding tert-OH is 1. The minimum Gasteiger partial charge on any atom is -0.395 e. The number of ether oxygens (including phenoxy) is 1. The first kappa shape index (κ1) is 19.1. The second-order valence-corrected chi connectivity index (χ2v) is 6.52. The Labute approximate surface area is 160 Å². The van der Waals surface area contributed by atoms with Crippen LogP contribution in [0.2, 0.25) is 0 Å². The van der Waals surface area contributed by atoms with Gasteiger partial charge in [0.05, 0.1) is 25.3 Å². The molecule has 142 valence electrons. The number of aliphatic hydroxyl groups is 1. The van der Waals surface area contributed by atoms with Gasteiger partial charge in [-0.1, -0.05) is 12.1 Å². The van der Waals surface area contributed by atoms with Crippen molar-refractivity contribution in [3.8, 4) is 0 Å². The molecule has 8 heteroatoms. The molecule has 3 heterocycles. The summed E-state index contributed by atoms with van der Waals surface area (Å²) < 4.78 is 5.49. The Kier molecular flexibility index (Phi) is 6.48. The van der Waals surface area contributed by atoms with Crippen LogP contribution in [0.5, 0.6) is 0 Å². The zero-order valence-corrected chi connectivity index (χ0v) is 15.7. The highest BCUT2D eigenvalue weighted by molar-refractivity contribution is 5.90. The average Bonchev–Trinajstić information content (AvgIpc) is 2.69. The van der Waals surface area contributed by atoms with Gasteiger partial charge in [-0.2, -0.15) is 4.98 Å². The van der Waals surface area contributed by atoms with Gasteiger partial charge < -0.3 is 19.6 Å². The predicted octanol–water partition coefficient (Wildman–Crippen LogP) is 1.00. The first-order valence-electron chi connectivity index (χ1n) is 9.03. The first-order valence-corrected chi connectivity index (χ1v) is 9.03. The lowest BCUT2D eigenvalue weighted by atomic mass is 10.2. The molecule has 2 saturated heterocycles. The lowest BCUT2D eigenvalue weighted by Crippen LogP contribution is -2.48. The maximum Gasteiger partial charge on any atom is 0.227 e. The molecule has 1 N–H and O–H groups in total. The van der Waals surface area contributed by atoms with Crippen molar-refractivity contribution in [2.75, 3.05) is 75.4 Å². The molecule has 26 heavy (non-hydrogen) atoms. The van der Waals surface area contributed by atoms with E-state index in [1.165, 1.54) is 0 Å². The summed E-state index contributed by atoms with van der Waals surface area (Å²) in [5, 5.41) is 10.2. The summed E-state index contributed by atoms with van der Waals surface area (Å²) >= 11 is 0. The van der Waals surface area contributed by atoms with Crippen LogP contribution in [0, 0.1) is 0 Å². The van der Waals surface area contributed by atoms with Crippen LogP contribution in [0.4, 0.5) is 11.8 Å². The van der Waals surface area contributed by atoms with Crippen LogP contribution >= 0.6 is 12.4 Å². The molecule has 0 spiro atoms. The number of rotatable bonds is 4. The van der Waals surface area contributed by atoms with E-state index in [1.54, 1.807) is 0 Å². The molecule has 4 rings (SSSR count). The first-order chi connectivity index (χ1) is 12.3. The quantitative estimate of drug-likeness (QED) is 0.850. The Hall–Kier alpha value is -1.67. The van der Waals surface area contributed by atoms with Crippen LogP contribution in [0.25, 0.3) is 10.9 Å². The number of piperazine rings is 1. The predicted molar refractivity (Wildman–Crippen MR) is 106 cm³/mol. The van der Waals surface area contributed by atoms with E-state index in [0.29, 0.717) is 0 Å². The largest absolute Gasteiger partial charge is 0.395 e. The number of para-hydroxylation sites is 1. The van der Waals surface area contributed by atoms with Crippen LogP contribution in [0.3, 0.4) is 0 Å². The van der Waals surface area contributed by atoms with Gasteiger partial charge in [-0.25, -0.2) is 4.98 Å². The van der Waals surface area contributed by atoms with E-state index in [1.807, 2.05) is 12.1 Å². The Morgan fingerprint density at radius 3 is 2.38 bits per heavy atom. The topological polar surface area (TPSA) is 65.0 Å². The molecule has 0 amide bonds. The van der Waals surface area contributed by atoms with Gasteiger partial charge in [-0.15, -0.1) is 12.4 Å². The van der Waals surface area contributed by atoms with Gasteiger partial charge in [0.15, 0.2) is 0 Å². The van der Waals surface area contributed by atoms with Crippen LogP contribution in [0.1, 0.15) is 0 Å². The summed E-state index contributed by atoms with van der Waals surface area (Å²) in [4.78, 5) is 16.6. The minimum atomic E-state index is 0. The molecule has 0 unspecified atom stereocenters. The molecule has 2 aliphatic rings. The third-order valence-electron chi connectivity index (χ3n) is 4.95. The second kappa shape index (κ2) is 8.81. The lowest BCUT2D eigenvalue weighted by molar-refractivity contribution is 0.122. The van der Waals surface area contributed by atoms with Crippen molar-refractivity contribution < 1.29 is 9.84 Å².